The Hall–Kier alpha value is -2.43. The minimum Gasteiger partial charge on any atom is -0.486 e. The maximum Gasteiger partial charge on any atom is 0.141 e. The number of nitrogens with zero attached hydrogens (tertiary/aromatic N) is 1. The van der Waals surface area contributed by atoms with E-state index >= 15 is 0 Å². The molecule has 134 valence electrons. The summed E-state index contributed by atoms with van der Waals surface area (Å²) < 4.78 is 19.4. The van der Waals surface area contributed by atoms with E-state index in [1.165, 1.54) is 6.07 Å². The van der Waals surface area contributed by atoms with E-state index in [9.17, 15) is 9.50 Å². The molecule has 26 heavy (non-hydrogen) atoms. The SMILES string of the molecule is CC(O)CC(Oc1ccc(-c2ccc(F)c(Cl)c2)cc1)c1cccnc1. The fraction of sp³-hybridized carbons (Fsp3) is 0.190. The highest BCUT2D eigenvalue weighted by Crippen LogP contribution is 2.29. The van der Waals surface area contributed by atoms with Crippen molar-refractivity contribution in [1.29, 1.82) is 0 Å². The molecule has 1 N–H and O–H groups in total. The molecule has 3 rings (SSSR count). The quantitative estimate of drug-likeness (QED) is 0.628. The molecule has 1 aromatic heterocycles. The predicted molar refractivity (Wildman–Crippen MR) is 101 cm³/mol. The van der Waals surface area contributed by atoms with Crippen LogP contribution in [0.1, 0.15) is 25.0 Å². The van der Waals surface area contributed by atoms with Crippen LogP contribution < -0.4 is 4.74 Å². The maximum atomic E-state index is 13.3. The molecule has 2 aromatic carbocycles. The van der Waals surface area contributed by atoms with Gasteiger partial charge >= 0.3 is 0 Å². The van der Waals surface area contributed by atoms with Gasteiger partial charge in [-0.05, 0) is 48.4 Å². The van der Waals surface area contributed by atoms with Crippen LogP contribution in [0.2, 0.25) is 5.02 Å². The number of pyridine rings is 1. The Balaban J connectivity index is 1.79. The molecule has 1 heterocycles. The number of aromatic nitrogens is 1. The minimum atomic E-state index is -0.499. The second-order valence-corrected chi connectivity index (χ2v) is 6.54. The second kappa shape index (κ2) is 8.30. The highest BCUT2D eigenvalue weighted by atomic mass is 35.5. The molecular formula is C21H19ClFNO2. The third kappa shape index (κ3) is 4.59. The fourth-order valence-electron chi connectivity index (χ4n) is 2.69. The summed E-state index contributed by atoms with van der Waals surface area (Å²) in [6.45, 7) is 1.73. The second-order valence-electron chi connectivity index (χ2n) is 6.13. The minimum absolute atomic E-state index is 0.0939. The van der Waals surface area contributed by atoms with Crippen molar-refractivity contribution in [3.8, 4) is 16.9 Å². The van der Waals surface area contributed by atoms with Crippen molar-refractivity contribution < 1.29 is 14.2 Å². The summed E-state index contributed by atoms with van der Waals surface area (Å²) in [7, 11) is 0. The van der Waals surface area contributed by atoms with Crippen LogP contribution in [0, 0.1) is 5.82 Å². The molecule has 0 bridgehead atoms. The molecule has 0 radical (unpaired) electrons. The first kappa shape index (κ1) is 18.4. The zero-order valence-corrected chi connectivity index (χ0v) is 15.0. The molecule has 0 spiro atoms. The van der Waals surface area contributed by atoms with Gasteiger partial charge in [0.15, 0.2) is 0 Å². The van der Waals surface area contributed by atoms with Crippen LogP contribution in [0.25, 0.3) is 11.1 Å². The first-order valence-electron chi connectivity index (χ1n) is 8.33. The topological polar surface area (TPSA) is 42.4 Å². The van der Waals surface area contributed by atoms with Gasteiger partial charge in [0, 0.05) is 24.4 Å². The van der Waals surface area contributed by atoms with Crippen molar-refractivity contribution >= 4 is 11.6 Å². The van der Waals surface area contributed by atoms with Crippen LogP contribution in [0.3, 0.4) is 0 Å². The number of aliphatic hydroxyl groups excluding tert-OH is 1. The van der Waals surface area contributed by atoms with Gasteiger partial charge in [-0.3, -0.25) is 4.98 Å². The molecule has 0 aliphatic rings. The summed E-state index contributed by atoms with van der Waals surface area (Å²) in [6, 6.07) is 15.9. The van der Waals surface area contributed by atoms with Crippen molar-refractivity contribution in [2.75, 3.05) is 0 Å². The Morgan fingerprint density at radius 1 is 1.12 bits per heavy atom. The zero-order valence-electron chi connectivity index (χ0n) is 14.3. The normalized spacial score (nSPS) is 13.2. The lowest BCUT2D eigenvalue weighted by Gasteiger charge is -2.21. The number of hydrogen-bond acceptors (Lipinski definition) is 3. The van der Waals surface area contributed by atoms with Crippen molar-refractivity contribution in [1.82, 2.24) is 4.98 Å². The predicted octanol–water partition coefficient (Wildman–Crippen LogP) is 5.43. The van der Waals surface area contributed by atoms with Gasteiger partial charge in [-0.15, -0.1) is 0 Å². The molecular weight excluding hydrogens is 353 g/mol. The lowest BCUT2D eigenvalue weighted by Crippen LogP contribution is -2.14. The third-order valence-corrected chi connectivity index (χ3v) is 4.29. The number of ether oxygens (including phenoxy) is 1. The number of rotatable bonds is 6. The van der Waals surface area contributed by atoms with Crippen molar-refractivity contribution in [3.63, 3.8) is 0 Å². The van der Waals surface area contributed by atoms with Gasteiger partial charge in [-0.2, -0.15) is 0 Å². The monoisotopic (exact) mass is 371 g/mol. The average Bonchev–Trinajstić information content (AvgIpc) is 2.64. The van der Waals surface area contributed by atoms with E-state index in [2.05, 4.69) is 4.98 Å². The van der Waals surface area contributed by atoms with Crippen molar-refractivity contribution in [3.05, 3.63) is 83.4 Å². The molecule has 0 saturated carbocycles. The molecule has 0 aliphatic carbocycles. The Bertz CT molecular complexity index is 854. The standard InChI is InChI=1S/C21H19ClFNO2/c1-14(25)11-21(17-3-2-10-24-13-17)26-18-7-4-15(5-8-18)16-6-9-20(23)19(22)12-16/h2-10,12-14,21,25H,11H2,1H3. The van der Waals surface area contributed by atoms with Crippen LogP contribution in [0.15, 0.2) is 67.0 Å². The molecule has 0 aliphatic heterocycles. The van der Waals surface area contributed by atoms with Crippen LogP contribution in [-0.2, 0) is 0 Å². The van der Waals surface area contributed by atoms with Gasteiger partial charge in [0.05, 0.1) is 11.1 Å². The van der Waals surface area contributed by atoms with E-state index in [1.807, 2.05) is 36.4 Å². The van der Waals surface area contributed by atoms with E-state index < -0.39 is 11.9 Å². The largest absolute Gasteiger partial charge is 0.486 e. The van der Waals surface area contributed by atoms with Gasteiger partial charge in [0.2, 0.25) is 0 Å². The van der Waals surface area contributed by atoms with E-state index in [4.69, 9.17) is 16.3 Å². The Morgan fingerprint density at radius 3 is 2.46 bits per heavy atom. The summed E-state index contributed by atoms with van der Waals surface area (Å²) in [5.74, 6) is 0.240. The molecule has 0 saturated heterocycles. The first-order chi connectivity index (χ1) is 12.5. The molecule has 0 fully saturated rings. The smallest absolute Gasteiger partial charge is 0.141 e. The zero-order chi connectivity index (χ0) is 18.5. The Morgan fingerprint density at radius 2 is 1.85 bits per heavy atom. The Kier molecular flexibility index (Phi) is 5.86. The first-order valence-corrected chi connectivity index (χ1v) is 8.71. The Labute approximate surface area is 157 Å². The van der Waals surface area contributed by atoms with Crippen LogP contribution in [-0.4, -0.2) is 16.2 Å². The number of aliphatic hydroxyl groups is 1. The van der Waals surface area contributed by atoms with Gasteiger partial charge in [0.25, 0.3) is 0 Å². The molecule has 5 heteroatoms. The average molecular weight is 372 g/mol. The van der Waals surface area contributed by atoms with Gasteiger partial charge in [-0.1, -0.05) is 35.9 Å². The summed E-state index contributed by atoms with van der Waals surface area (Å²) in [4.78, 5) is 4.12. The highest BCUT2D eigenvalue weighted by Gasteiger charge is 2.16. The summed E-state index contributed by atoms with van der Waals surface area (Å²) >= 11 is 5.85. The summed E-state index contributed by atoms with van der Waals surface area (Å²) in [5.41, 5.74) is 2.64. The molecule has 3 nitrogen and oxygen atoms in total. The highest BCUT2D eigenvalue weighted by molar-refractivity contribution is 6.31. The van der Waals surface area contributed by atoms with Crippen molar-refractivity contribution in [2.24, 2.45) is 0 Å². The number of benzene rings is 2. The lowest BCUT2D eigenvalue weighted by atomic mass is 10.0. The van der Waals surface area contributed by atoms with Gasteiger partial charge in [0.1, 0.15) is 17.7 Å². The van der Waals surface area contributed by atoms with E-state index in [0.29, 0.717) is 12.2 Å². The summed E-state index contributed by atoms with van der Waals surface area (Å²) in [5, 5.41) is 9.85. The lowest BCUT2D eigenvalue weighted by molar-refractivity contribution is 0.106. The number of halogens is 2. The maximum absolute atomic E-state index is 13.3. The molecule has 3 aromatic rings. The van der Waals surface area contributed by atoms with Crippen LogP contribution >= 0.6 is 11.6 Å². The van der Waals surface area contributed by atoms with E-state index in [1.54, 1.807) is 31.5 Å². The van der Waals surface area contributed by atoms with Crippen LogP contribution in [0.4, 0.5) is 4.39 Å². The third-order valence-electron chi connectivity index (χ3n) is 4.00. The molecule has 2 unspecified atom stereocenters. The van der Waals surface area contributed by atoms with E-state index in [0.717, 1.165) is 16.7 Å². The number of hydrogen-bond donors (Lipinski definition) is 1. The van der Waals surface area contributed by atoms with Crippen LogP contribution in [0.5, 0.6) is 5.75 Å². The van der Waals surface area contributed by atoms with Gasteiger partial charge in [-0.25, -0.2) is 4.39 Å². The fourth-order valence-corrected chi connectivity index (χ4v) is 2.87. The van der Waals surface area contributed by atoms with E-state index in [-0.39, 0.29) is 11.1 Å². The summed E-state index contributed by atoms with van der Waals surface area (Å²) in [6.07, 6.45) is 3.10. The molecule has 0 amide bonds. The van der Waals surface area contributed by atoms with Crippen molar-refractivity contribution in [2.45, 2.75) is 25.6 Å². The molecule has 2 atom stereocenters. The van der Waals surface area contributed by atoms with Gasteiger partial charge < -0.3 is 9.84 Å².